The molecule has 2 aromatic rings. The van der Waals surface area contributed by atoms with Gasteiger partial charge in [0.25, 0.3) is 0 Å². The second kappa shape index (κ2) is 4.87. The van der Waals surface area contributed by atoms with E-state index in [1.807, 2.05) is 12.1 Å². The van der Waals surface area contributed by atoms with Crippen LogP contribution in [0.3, 0.4) is 0 Å². The van der Waals surface area contributed by atoms with Crippen molar-refractivity contribution < 1.29 is 14.6 Å². The third-order valence-electron chi connectivity index (χ3n) is 2.66. The minimum absolute atomic E-state index is 0.0594. The molecule has 0 saturated heterocycles. The Morgan fingerprint density at radius 3 is 2.12 bits per heavy atom. The average Bonchev–Trinajstić information content (AvgIpc) is 2.30. The van der Waals surface area contributed by atoms with Crippen molar-refractivity contribution in [1.82, 2.24) is 0 Å². The van der Waals surface area contributed by atoms with Gasteiger partial charge in [-0.05, 0) is 42.2 Å². The van der Waals surface area contributed by atoms with Crippen LogP contribution in [0.4, 0.5) is 4.39 Å². The van der Waals surface area contributed by atoms with E-state index in [1.54, 1.807) is 18.2 Å². The van der Waals surface area contributed by atoms with Gasteiger partial charge in [0.2, 0.25) is 0 Å². The molecule has 0 aliphatic rings. The lowest BCUT2D eigenvalue weighted by Crippen LogP contribution is -1.94. The van der Waals surface area contributed by atoms with Crippen LogP contribution in [0.1, 0.15) is 11.1 Å². The molecule has 2 nitrogen and oxygen atoms in total. The number of aromatic hydroxyl groups is 2. The molecule has 0 aromatic heterocycles. The number of phenols is 2. The molecular weight excluding hydrogens is 219 g/mol. The van der Waals surface area contributed by atoms with Gasteiger partial charge in [-0.25, -0.2) is 4.39 Å². The van der Waals surface area contributed by atoms with Gasteiger partial charge >= 0.3 is 0 Å². The van der Waals surface area contributed by atoms with E-state index in [0.717, 1.165) is 11.6 Å². The third-order valence-corrected chi connectivity index (χ3v) is 2.66. The van der Waals surface area contributed by atoms with Gasteiger partial charge in [0, 0.05) is 6.07 Å². The van der Waals surface area contributed by atoms with Crippen molar-refractivity contribution in [3.8, 4) is 11.5 Å². The molecule has 88 valence electrons. The summed E-state index contributed by atoms with van der Waals surface area (Å²) in [6, 6.07) is 11.0. The highest BCUT2D eigenvalue weighted by Crippen LogP contribution is 2.17. The highest BCUT2D eigenvalue weighted by Gasteiger charge is 2.03. The number of phenolic OH excluding ortho intramolecular Hbond substituents is 2. The van der Waals surface area contributed by atoms with Gasteiger partial charge in [-0.2, -0.15) is 0 Å². The minimum atomic E-state index is -0.385. The summed E-state index contributed by atoms with van der Waals surface area (Å²) in [7, 11) is 0. The standard InChI is InChI=1S/C14H13FO2/c15-14-9-13(17)8-5-11(14)4-1-10-2-6-12(16)7-3-10/h2-3,5-9,16-17H,1,4H2. The zero-order valence-electron chi connectivity index (χ0n) is 9.23. The predicted octanol–water partition coefficient (Wildman–Crippen LogP) is 3.02. The molecule has 0 aliphatic heterocycles. The first kappa shape index (κ1) is 11.5. The van der Waals surface area contributed by atoms with E-state index in [-0.39, 0.29) is 17.3 Å². The molecule has 17 heavy (non-hydrogen) atoms. The van der Waals surface area contributed by atoms with Crippen LogP contribution >= 0.6 is 0 Å². The smallest absolute Gasteiger partial charge is 0.130 e. The van der Waals surface area contributed by atoms with Crippen LogP contribution in [-0.2, 0) is 12.8 Å². The number of aryl methyl sites for hydroxylation is 2. The molecule has 2 aromatic carbocycles. The minimum Gasteiger partial charge on any atom is -0.508 e. The highest BCUT2D eigenvalue weighted by molar-refractivity contribution is 5.30. The molecule has 0 heterocycles. The van der Waals surface area contributed by atoms with Crippen molar-refractivity contribution in [3.05, 3.63) is 59.4 Å². The Morgan fingerprint density at radius 1 is 0.824 bits per heavy atom. The van der Waals surface area contributed by atoms with E-state index in [2.05, 4.69) is 0 Å². The van der Waals surface area contributed by atoms with Crippen LogP contribution < -0.4 is 0 Å². The topological polar surface area (TPSA) is 40.5 Å². The SMILES string of the molecule is Oc1ccc(CCc2ccc(O)cc2F)cc1. The van der Waals surface area contributed by atoms with E-state index < -0.39 is 0 Å². The van der Waals surface area contributed by atoms with E-state index in [4.69, 9.17) is 10.2 Å². The summed E-state index contributed by atoms with van der Waals surface area (Å²) < 4.78 is 13.4. The molecule has 0 fully saturated rings. The first-order valence-corrected chi connectivity index (χ1v) is 5.40. The fourth-order valence-electron chi connectivity index (χ4n) is 1.68. The Hall–Kier alpha value is -2.03. The summed E-state index contributed by atoms with van der Waals surface area (Å²) in [6.45, 7) is 0. The van der Waals surface area contributed by atoms with Gasteiger partial charge in [0.15, 0.2) is 0 Å². The first-order valence-electron chi connectivity index (χ1n) is 5.40. The van der Waals surface area contributed by atoms with Gasteiger partial charge in [0.05, 0.1) is 0 Å². The lowest BCUT2D eigenvalue weighted by Gasteiger charge is -2.04. The van der Waals surface area contributed by atoms with E-state index in [1.165, 1.54) is 6.07 Å². The molecule has 0 radical (unpaired) electrons. The highest BCUT2D eigenvalue weighted by atomic mass is 19.1. The number of hydrogen-bond donors (Lipinski definition) is 2. The zero-order chi connectivity index (χ0) is 12.3. The summed E-state index contributed by atoms with van der Waals surface area (Å²) in [4.78, 5) is 0. The van der Waals surface area contributed by atoms with E-state index in [9.17, 15) is 4.39 Å². The summed E-state index contributed by atoms with van der Waals surface area (Å²) >= 11 is 0. The maximum atomic E-state index is 13.4. The van der Waals surface area contributed by atoms with Crippen molar-refractivity contribution in [1.29, 1.82) is 0 Å². The maximum absolute atomic E-state index is 13.4. The lowest BCUT2D eigenvalue weighted by molar-refractivity contribution is 0.467. The van der Waals surface area contributed by atoms with Crippen LogP contribution in [0, 0.1) is 5.82 Å². The largest absolute Gasteiger partial charge is 0.508 e. The Bertz CT molecular complexity index is 506. The van der Waals surface area contributed by atoms with E-state index in [0.29, 0.717) is 18.4 Å². The zero-order valence-corrected chi connectivity index (χ0v) is 9.23. The molecule has 2 rings (SSSR count). The third kappa shape index (κ3) is 2.97. The lowest BCUT2D eigenvalue weighted by atomic mass is 10.0. The Morgan fingerprint density at radius 2 is 1.47 bits per heavy atom. The quantitative estimate of drug-likeness (QED) is 0.854. The maximum Gasteiger partial charge on any atom is 0.130 e. The molecule has 3 heteroatoms. The van der Waals surface area contributed by atoms with Crippen LogP contribution in [0.2, 0.25) is 0 Å². The van der Waals surface area contributed by atoms with Gasteiger partial charge < -0.3 is 10.2 Å². The fraction of sp³-hybridized carbons (Fsp3) is 0.143. The monoisotopic (exact) mass is 232 g/mol. The molecule has 0 saturated carbocycles. The molecular formula is C14H13FO2. The number of halogens is 1. The van der Waals surface area contributed by atoms with Crippen molar-refractivity contribution in [2.45, 2.75) is 12.8 Å². The first-order chi connectivity index (χ1) is 8.15. The number of benzene rings is 2. The normalized spacial score (nSPS) is 10.4. The second-order valence-electron chi connectivity index (χ2n) is 3.94. The molecule has 0 unspecified atom stereocenters. The molecule has 0 spiro atoms. The molecule has 0 aliphatic carbocycles. The predicted molar refractivity (Wildman–Crippen MR) is 63.6 cm³/mol. The number of rotatable bonds is 3. The summed E-state index contributed by atoms with van der Waals surface area (Å²) in [6.07, 6.45) is 1.26. The van der Waals surface area contributed by atoms with Crippen LogP contribution in [0.25, 0.3) is 0 Å². The van der Waals surface area contributed by atoms with Crippen LogP contribution in [0.5, 0.6) is 11.5 Å². The van der Waals surface area contributed by atoms with Gasteiger partial charge in [-0.15, -0.1) is 0 Å². The average molecular weight is 232 g/mol. The Labute approximate surface area is 99.0 Å². The molecule has 2 N–H and O–H groups in total. The summed E-state index contributed by atoms with van der Waals surface area (Å²) in [5, 5.41) is 18.2. The van der Waals surface area contributed by atoms with Gasteiger partial charge in [-0.1, -0.05) is 18.2 Å². The van der Waals surface area contributed by atoms with Crippen LogP contribution in [-0.4, -0.2) is 10.2 Å². The van der Waals surface area contributed by atoms with Crippen molar-refractivity contribution in [2.24, 2.45) is 0 Å². The Kier molecular flexibility index (Phi) is 3.28. The second-order valence-corrected chi connectivity index (χ2v) is 3.94. The van der Waals surface area contributed by atoms with Crippen molar-refractivity contribution >= 4 is 0 Å². The van der Waals surface area contributed by atoms with Crippen LogP contribution in [0.15, 0.2) is 42.5 Å². The van der Waals surface area contributed by atoms with Gasteiger partial charge in [-0.3, -0.25) is 0 Å². The fourth-order valence-corrected chi connectivity index (χ4v) is 1.68. The van der Waals surface area contributed by atoms with Gasteiger partial charge in [0.1, 0.15) is 17.3 Å². The van der Waals surface area contributed by atoms with E-state index >= 15 is 0 Å². The van der Waals surface area contributed by atoms with Crippen molar-refractivity contribution in [3.63, 3.8) is 0 Å². The Balaban J connectivity index is 2.04. The number of hydrogen-bond acceptors (Lipinski definition) is 2. The molecule has 0 atom stereocenters. The summed E-state index contributed by atoms with van der Waals surface area (Å²) in [5.41, 5.74) is 1.62. The summed E-state index contributed by atoms with van der Waals surface area (Å²) in [5.74, 6) is -0.218. The van der Waals surface area contributed by atoms with Crippen molar-refractivity contribution in [2.75, 3.05) is 0 Å². The molecule has 0 bridgehead atoms. The molecule has 0 amide bonds.